The van der Waals surface area contributed by atoms with Gasteiger partial charge in [-0.15, -0.1) is 0 Å². The molecule has 2 rings (SSSR count). The maximum atomic E-state index is 10.6. The van der Waals surface area contributed by atoms with Crippen molar-refractivity contribution < 1.29 is 9.52 Å². The van der Waals surface area contributed by atoms with Crippen LogP contribution in [0.5, 0.6) is 0 Å². The van der Waals surface area contributed by atoms with E-state index in [-0.39, 0.29) is 0 Å². The summed E-state index contributed by atoms with van der Waals surface area (Å²) in [4.78, 5) is 0. The molecule has 1 aromatic rings. The fraction of sp³-hybridized carbons (Fsp3) is 0.667. The minimum Gasteiger partial charge on any atom is -0.450 e. The van der Waals surface area contributed by atoms with Gasteiger partial charge in [-0.2, -0.15) is 5.26 Å². The molecule has 0 spiro atoms. The molecule has 1 atom stereocenters. The van der Waals surface area contributed by atoms with Crippen molar-refractivity contribution in [2.75, 3.05) is 0 Å². The van der Waals surface area contributed by atoms with Crippen molar-refractivity contribution in [3.8, 4) is 6.07 Å². The summed E-state index contributed by atoms with van der Waals surface area (Å²) in [6, 6.07) is 4.10. The Morgan fingerprint density at radius 2 is 2.00 bits per heavy atom. The van der Waals surface area contributed by atoms with Crippen molar-refractivity contribution in [2.24, 2.45) is 17.3 Å². The summed E-state index contributed by atoms with van der Waals surface area (Å²) in [5.74, 6) is 1.74. The number of furan rings is 1. The summed E-state index contributed by atoms with van der Waals surface area (Å²) in [5.41, 5.74) is -0.720. The maximum Gasteiger partial charge on any atom is 0.183 e. The first-order chi connectivity index (χ1) is 9.39. The Labute approximate surface area is 136 Å². The van der Waals surface area contributed by atoms with Crippen LogP contribution in [0.15, 0.2) is 19.6 Å². The Hall–Kier alpha value is -0.310. The van der Waals surface area contributed by atoms with Crippen LogP contribution in [0.25, 0.3) is 0 Å². The second kappa shape index (κ2) is 6.21. The van der Waals surface area contributed by atoms with Gasteiger partial charge in [-0.05, 0) is 75.4 Å². The lowest BCUT2D eigenvalue weighted by atomic mass is 9.65. The van der Waals surface area contributed by atoms with E-state index < -0.39 is 11.5 Å². The lowest BCUT2D eigenvalue weighted by Crippen LogP contribution is -2.33. The van der Waals surface area contributed by atoms with Crippen molar-refractivity contribution in [3.05, 3.63) is 21.0 Å². The highest BCUT2D eigenvalue weighted by atomic mass is 79.9. The normalized spacial score (nSPS) is 28.4. The molecule has 1 aliphatic rings. The smallest absolute Gasteiger partial charge is 0.183 e. The van der Waals surface area contributed by atoms with Crippen molar-refractivity contribution >= 4 is 31.9 Å². The molecule has 0 saturated heterocycles. The van der Waals surface area contributed by atoms with Gasteiger partial charge < -0.3 is 9.52 Å². The highest BCUT2D eigenvalue weighted by Gasteiger charge is 2.44. The summed E-state index contributed by atoms with van der Waals surface area (Å²) in [7, 11) is 0. The van der Waals surface area contributed by atoms with Crippen LogP contribution < -0.4 is 0 Å². The van der Waals surface area contributed by atoms with Gasteiger partial charge in [0.15, 0.2) is 4.67 Å². The minimum absolute atomic E-state index is 0.452. The molecule has 0 bridgehead atoms. The number of nitrogens with zero attached hydrogens (tertiary/aromatic N) is 1. The highest BCUT2D eigenvalue weighted by molar-refractivity contribution is 9.13. The van der Waals surface area contributed by atoms with Crippen LogP contribution in [0.3, 0.4) is 0 Å². The molecule has 1 saturated carbocycles. The van der Waals surface area contributed by atoms with Gasteiger partial charge in [-0.1, -0.05) is 13.8 Å². The van der Waals surface area contributed by atoms with Crippen LogP contribution in [0.4, 0.5) is 0 Å². The van der Waals surface area contributed by atoms with E-state index in [1.807, 2.05) is 0 Å². The molecule has 1 fully saturated rings. The molecule has 0 aromatic carbocycles. The fourth-order valence-electron chi connectivity index (χ4n) is 3.04. The topological polar surface area (TPSA) is 57.2 Å². The molecule has 1 aliphatic carbocycles. The zero-order valence-electron chi connectivity index (χ0n) is 11.7. The molecule has 0 aliphatic heterocycles. The van der Waals surface area contributed by atoms with Crippen LogP contribution in [-0.4, -0.2) is 5.11 Å². The maximum absolute atomic E-state index is 10.6. The quantitative estimate of drug-likeness (QED) is 0.753. The summed E-state index contributed by atoms with van der Waals surface area (Å²) in [6.45, 7) is 4.45. The number of hydrogen-bond acceptors (Lipinski definition) is 3. The summed E-state index contributed by atoms with van der Waals surface area (Å²) >= 11 is 6.61. The predicted octanol–water partition coefficient (Wildman–Crippen LogP) is 5.19. The first kappa shape index (κ1) is 16.1. The molecule has 5 heteroatoms. The van der Waals surface area contributed by atoms with Crippen molar-refractivity contribution in [3.63, 3.8) is 0 Å². The van der Waals surface area contributed by atoms with Gasteiger partial charge in [0.25, 0.3) is 0 Å². The SMILES string of the molecule is CC(C)C1CCC(C#N)(C(O)c2cc(Br)c(Br)o2)CC1. The van der Waals surface area contributed by atoms with Crippen LogP contribution in [0.1, 0.15) is 51.4 Å². The van der Waals surface area contributed by atoms with Crippen LogP contribution >= 0.6 is 31.9 Å². The molecular formula is C15H19Br2NO2. The predicted molar refractivity (Wildman–Crippen MR) is 83.9 cm³/mol. The van der Waals surface area contributed by atoms with Gasteiger partial charge in [0.2, 0.25) is 0 Å². The van der Waals surface area contributed by atoms with Gasteiger partial charge in [0.1, 0.15) is 11.9 Å². The Morgan fingerprint density at radius 1 is 1.40 bits per heavy atom. The molecule has 1 heterocycles. The van der Waals surface area contributed by atoms with Crippen LogP contribution in [-0.2, 0) is 0 Å². The van der Waals surface area contributed by atoms with E-state index in [0.29, 0.717) is 22.3 Å². The van der Waals surface area contributed by atoms with Gasteiger partial charge in [-0.3, -0.25) is 0 Å². The third-order valence-corrected chi connectivity index (χ3v) is 6.26. The first-order valence-corrected chi connectivity index (χ1v) is 8.52. The molecule has 3 nitrogen and oxygen atoms in total. The monoisotopic (exact) mass is 403 g/mol. The summed E-state index contributed by atoms with van der Waals surface area (Å²) < 4.78 is 6.81. The molecule has 20 heavy (non-hydrogen) atoms. The van der Waals surface area contributed by atoms with Gasteiger partial charge in [0, 0.05) is 0 Å². The molecule has 0 amide bonds. The standard InChI is InChI=1S/C15H19Br2NO2/c1-9(2)10-3-5-15(8-18,6-4-10)13(19)12-7-11(16)14(17)20-12/h7,9-10,13,19H,3-6H2,1-2H3. The third-order valence-electron chi connectivity index (χ3n) is 4.55. The Kier molecular flexibility index (Phi) is 4.99. The molecular weight excluding hydrogens is 386 g/mol. The van der Waals surface area contributed by atoms with E-state index >= 15 is 0 Å². The van der Waals surface area contributed by atoms with E-state index in [4.69, 9.17) is 4.42 Å². The second-order valence-electron chi connectivity index (χ2n) is 6.02. The Balaban J connectivity index is 2.18. The molecule has 110 valence electrons. The third kappa shape index (κ3) is 2.98. The lowest BCUT2D eigenvalue weighted by molar-refractivity contribution is 0.00464. The number of aliphatic hydroxyl groups excluding tert-OH is 1. The van der Waals surface area contributed by atoms with Crippen molar-refractivity contribution in [2.45, 2.75) is 45.6 Å². The highest BCUT2D eigenvalue weighted by Crippen LogP contribution is 2.49. The Morgan fingerprint density at radius 3 is 2.40 bits per heavy atom. The van der Waals surface area contributed by atoms with Gasteiger partial charge in [0.05, 0.1) is 16.0 Å². The van der Waals surface area contributed by atoms with Crippen molar-refractivity contribution in [1.29, 1.82) is 5.26 Å². The number of aliphatic hydroxyl groups is 1. The number of rotatable bonds is 3. The fourth-order valence-corrected chi connectivity index (χ4v) is 3.65. The average Bonchev–Trinajstić information content (AvgIpc) is 2.77. The van der Waals surface area contributed by atoms with E-state index in [1.165, 1.54) is 0 Å². The average molecular weight is 405 g/mol. The molecule has 1 aromatic heterocycles. The molecule has 0 radical (unpaired) electrons. The van der Waals surface area contributed by atoms with E-state index in [0.717, 1.165) is 30.2 Å². The Bertz CT molecular complexity index is 491. The number of halogens is 2. The number of nitriles is 1. The lowest BCUT2D eigenvalue weighted by Gasteiger charge is -2.38. The van der Waals surface area contributed by atoms with E-state index in [2.05, 4.69) is 51.8 Å². The minimum atomic E-state index is -0.872. The zero-order valence-corrected chi connectivity index (χ0v) is 14.9. The zero-order chi connectivity index (χ0) is 14.9. The van der Waals surface area contributed by atoms with Crippen LogP contribution in [0.2, 0.25) is 0 Å². The van der Waals surface area contributed by atoms with Gasteiger partial charge >= 0.3 is 0 Å². The summed E-state index contributed by atoms with van der Waals surface area (Å²) in [5, 5.41) is 20.2. The van der Waals surface area contributed by atoms with E-state index in [9.17, 15) is 10.4 Å². The molecule has 1 unspecified atom stereocenters. The first-order valence-electron chi connectivity index (χ1n) is 6.93. The molecule has 1 N–H and O–H groups in total. The van der Waals surface area contributed by atoms with Crippen LogP contribution in [0, 0.1) is 28.6 Å². The van der Waals surface area contributed by atoms with Crippen molar-refractivity contribution in [1.82, 2.24) is 0 Å². The summed E-state index contributed by atoms with van der Waals surface area (Å²) in [6.07, 6.45) is 2.56. The number of hydrogen-bond donors (Lipinski definition) is 1. The van der Waals surface area contributed by atoms with Gasteiger partial charge in [-0.25, -0.2) is 0 Å². The second-order valence-corrected chi connectivity index (χ2v) is 7.60. The van der Waals surface area contributed by atoms with E-state index in [1.54, 1.807) is 6.07 Å². The largest absolute Gasteiger partial charge is 0.450 e.